The van der Waals surface area contributed by atoms with E-state index >= 15 is 0 Å². The lowest BCUT2D eigenvalue weighted by atomic mass is 9.11. The second-order valence-corrected chi connectivity index (χ2v) is 19.0. The fourth-order valence-electron chi connectivity index (χ4n) is 15.1. The smallest absolute Gasteiger partial charge is 0.252 e. The predicted molar refractivity (Wildman–Crippen MR) is 250 cm³/mol. The number of hydrogen-bond acceptors (Lipinski definition) is 4. The quantitative estimate of drug-likeness (QED) is 0.166. The first-order valence-corrected chi connectivity index (χ1v) is 22.5. The third-order valence-electron chi connectivity index (χ3n) is 17.1. The van der Waals surface area contributed by atoms with Gasteiger partial charge in [-0.05, 0) is 130 Å². The van der Waals surface area contributed by atoms with E-state index in [0.29, 0.717) is 17.3 Å². The molecule has 4 saturated carbocycles. The van der Waals surface area contributed by atoms with Crippen LogP contribution in [0.25, 0.3) is 28.1 Å². The van der Waals surface area contributed by atoms with Crippen molar-refractivity contribution in [2.75, 3.05) is 23.4 Å². The zero-order chi connectivity index (χ0) is 39.8. The Balaban J connectivity index is 1.12. The highest BCUT2D eigenvalue weighted by molar-refractivity contribution is 7.00. The van der Waals surface area contributed by atoms with Crippen molar-refractivity contribution in [3.63, 3.8) is 0 Å². The molecule has 5 heteroatoms. The Kier molecular flexibility index (Phi) is 6.20. The van der Waals surface area contributed by atoms with Crippen LogP contribution in [0.4, 0.5) is 34.1 Å². The van der Waals surface area contributed by atoms with Crippen LogP contribution in [0.3, 0.4) is 0 Å². The number of rotatable bonds is 4. The summed E-state index contributed by atoms with van der Waals surface area (Å²) in [5.41, 5.74) is 22.9. The first kappa shape index (κ1) is 33.2. The molecule has 6 aromatic carbocycles. The Morgan fingerprint density at radius 3 is 2.05 bits per heavy atom. The average molecular weight is 783 g/mol. The topological polar surface area (TPSA) is 22.6 Å². The minimum Gasteiger partial charge on any atom is -0.370 e. The number of benzene rings is 6. The Morgan fingerprint density at radius 2 is 1.30 bits per heavy atom. The number of fused-ring (bicyclic) bond motifs is 12. The molecule has 8 aliphatic rings. The van der Waals surface area contributed by atoms with Crippen LogP contribution in [0.15, 0.2) is 170 Å². The Labute approximate surface area is 357 Å². The van der Waals surface area contributed by atoms with E-state index in [1.165, 1.54) is 92.2 Å². The molecular formula is C56H43BN4. The van der Waals surface area contributed by atoms with Crippen molar-refractivity contribution in [1.82, 2.24) is 9.88 Å². The third-order valence-corrected chi connectivity index (χ3v) is 17.1. The van der Waals surface area contributed by atoms with Gasteiger partial charge in [-0.1, -0.05) is 115 Å². The number of anilines is 6. The molecule has 0 amide bonds. The molecule has 0 saturated heterocycles. The summed E-state index contributed by atoms with van der Waals surface area (Å²) in [6.45, 7) is 0.912. The van der Waals surface area contributed by atoms with E-state index in [9.17, 15) is 0 Å². The second kappa shape index (κ2) is 11.4. The van der Waals surface area contributed by atoms with E-state index < -0.39 is 0 Å². The van der Waals surface area contributed by atoms with Gasteiger partial charge in [-0.15, -0.1) is 0 Å². The lowest BCUT2D eigenvalue weighted by Crippen LogP contribution is -2.88. The summed E-state index contributed by atoms with van der Waals surface area (Å²) in [7, 11) is 2.23. The maximum Gasteiger partial charge on any atom is 0.252 e. The number of para-hydroxylation sites is 4. The van der Waals surface area contributed by atoms with Crippen LogP contribution in [0.5, 0.6) is 0 Å². The van der Waals surface area contributed by atoms with E-state index in [-0.39, 0.29) is 12.1 Å². The molecule has 4 atom stereocenters. The molecule has 7 aromatic rings. The van der Waals surface area contributed by atoms with Crippen LogP contribution in [-0.2, 0) is 5.41 Å². The van der Waals surface area contributed by atoms with Crippen molar-refractivity contribution in [3.05, 3.63) is 187 Å². The fraction of sp³-hybridized carbons (Fsp3) is 0.196. The van der Waals surface area contributed by atoms with Crippen LogP contribution in [-0.4, -0.2) is 30.2 Å². The van der Waals surface area contributed by atoms with Gasteiger partial charge in [0.2, 0.25) is 0 Å². The van der Waals surface area contributed by atoms with Crippen molar-refractivity contribution < 1.29 is 0 Å². The van der Waals surface area contributed by atoms with Crippen LogP contribution in [0.1, 0.15) is 36.0 Å². The first-order chi connectivity index (χ1) is 30.2. The minimum absolute atomic E-state index is 0.0303. The molecule has 2 spiro atoms. The summed E-state index contributed by atoms with van der Waals surface area (Å²) < 4.78 is 0. The van der Waals surface area contributed by atoms with E-state index in [4.69, 9.17) is 4.98 Å². The number of likely N-dealkylation sites (N-methyl/N-ethyl adjacent to an activating group) is 1. The molecule has 5 aliphatic carbocycles. The standard InChI is InChI=1S/C56H43BN4/c1-59-29-14-12-25-45(59)39-20-15-19-38(44-24-11-13-28-58-44)53(39)61-47-27-10-8-23-43(47)57-42-22-7-9-26-46(42)60(36-16-3-2-4-17-36)54-51-37-18-5-6-21-40(37)56(41(51)33-48(61)52(54)57)49-31-34-30-35-32-50(56)55(34,35)49/h2-28,33-35,49-50H,29-32H2,1H3. The van der Waals surface area contributed by atoms with Gasteiger partial charge in [0.25, 0.3) is 6.71 Å². The summed E-state index contributed by atoms with van der Waals surface area (Å²) >= 11 is 0. The number of nitrogens with zero attached hydrogens (tertiary/aromatic N) is 4. The van der Waals surface area contributed by atoms with Crippen LogP contribution >= 0.6 is 0 Å². The summed E-state index contributed by atoms with van der Waals surface area (Å²) in [6.07, 6.45) is 12.9. The van der Waals surface area contributed by atoms with Crippen molar-refractivity contribution >= 4 is 62.9 Å². The van der Waals surface area contributed by atoms with E-state index in [0.717, 1.165) is 29.6 Å². The normalized spacial score (nSPS) is 26.9. The molecule has 0 N–H and O–H groups in total. The molecule has 4 heterocycles. The van der Waals surface area contributed by atoms with Gasteiger partial charge in [-0.2, -0.15) is 0 Å². The Morgan fingerprint density at radius 1 is 0.607 bits per heavy atom. The van der Waals surface area contributed by atoms with Gasteiger partial charge in [-0.3, -0.25) is 4.98 Å². The molecule has 4 unspecified atom stereocenters. The zero-order valence-electron chi connectivity index (χ0n) is 34.2. The molecule has 15 rings (SSSR count). The molecule has 290 valence electrons. The maximum absolute atomic E-state index is 5.07. The average Bonchev–Trinajstić information content (AvgIpc) is 3.59. The third kappa shape index (κ3) is 3.70. The number of aromatic nitrogens is 1. The molecule has 4 nitrogen and oxygen atoms in total. The number of hydrogen-bond donors (Lipinski definition) is 0. The second-order valence-electron chi connectivity index (χ2n) is 19.0. The molecule has 0 radical (unpaired) electrons. The van der Waals surface area contributed by atoms with Crippen molar-refractivity contribution in [3.8, 4) is 22.4 Å². The highest BCUT2D eigenvalue weighted by atomic mass is 15.2. The van der Waals surface area contributed by atoms with Crippen molar-refractivity contribution in [2.24, 2.45) is 29.1 Å². The molecular weight excluding hydrogens is 739 g/mol. The summed E-state index contributed by atoms with van der Waals surface area (Å²) in [5, 5.41) is 0. The molecule has 1 aromatic heterocycles. The van der Waals surface area contributed by atoms with Crippen LogP contribution in [0.2, 0.25) is 0 Å². The highest BCUT2D eigenvalue weighted by Crippen LogP contribution is 2.95. The summed E-state index contributed by atoms with van der Waals surface area (Å²) in [6, 6.07) is 55.4. The molecule has 4 fully saturated rings. The van der Waals surface area contributed by atoms with E-state index in [2.05, 4.69) is 180 Å². The van der Waals surface area contributed by atoms with Gasteiger partial charge in [0.1, 0.15) is 0 Å². The zero-order valence-corrected chi connectivity index (χ0v) is 34.2. The van der Waals surface area contributed by atoms with Crippen LogP contribution < -0.4 is 26.2 Å². The number of allylic oxidation sites excluding steroid dienone is 2. The minimum atomic E-state index is 0.0303. The maximum atomic E-state index is 5.07. The summed E-state index contributed by atoms with van der Waals surface area (Å²) in [4.78, 5) is 12.8. The predicted octanol–water partition coefficient (Wildman–Crippen LogP) is 10.6. The first-order valence-electron chi connectivity index (χ1n) is 22.5. The van der Waals surface area contributed by atoms with E-state index in [1.54, 1.807) is 11.1 Å². The van der Waals surface area contributed by atoms with Crippen LogP contribution in [0, 0.1) is 29.1 Å². The largest absolute Gasteiger partial charge is 0.370 e. The van der Waals surface area contributed by atoms with Gasteiger partial charge >= 0.3 is 0 Å². The molecule has 3 aliphatic heterocycles. The number of pyridine rings is 1. The van der Waals surface area contributed by atoms with Gasteiger partial charge in [0.05, 0.1) is 17.1 Å². The molecule has 0 bridgehead atoms. The highest BCUT2D eigenvalue weighted by Gasteiger charge is 2.90. The SMILES string of the molecule is CN1CC=CC=C1c1cccc(-c2ccccn2)c1N1c2ccccc2B2c3ccccc3N(c3ccccc3)c3c2c1cc1c3-c2ccccc2C12C1CC3CC4CC2C341. The fourth-order valence-corrected chi connectivity index (χ4v) is 15.1. The Hall–Kier alpha value is -6.59. The van der Waals surface area contributed by atoms with Gasteiger partial charge in [0, 0.05) is 70.3 Å². The van der Waals surface area contributed by atoms with Gasteiger partial charge in [0.15, 0.2) is 0 Å². The van der Waals surface area contributed by atoms with Gasteiger partial charge < -0.3 is 14.7 Å². The lowest BCUT2D eigenvalue weighted by Gasteiger charge is -2.92. The monoisotopic (exact) mass is 782 g/mol. The molecule has 61 heavy (non-hydrogen) atoms. The van der Waals surface area contributed by atoms with Crippen molar-refractivity contribution in [2.45, 2.75) is 24.7 Å². The summed E-state index contributed by atoms with van der Waals surface area (Å²) in [5.74, 6) is 3.28. The van der Waals surface area contributed by atoms with Crippen molar-refractivity contribution in [1.29, 1.82) is 0 Å². The van der Waals surface area contributed by atoms with Gasteiger partial charge in [-0.25, -0.2) is 0 Å². The Bertz CT molecular complexity index is 3110. The lowest BCUT2D eigenvalue weighted by molar-refractivity contribution is -0.412. The van der Waals surface area contributed by atoms with E-state index in [1.807, 2.05) is 12.3 Å².